The number of rotatable bonds is 3. The predicted molar refractivity (Wildman–Crippen MR) is 75.8 cm³/mol. The maximum atomic E-state index is 13.6. The fraction of sp³-hybridized carbons (Fsp3) is 0.143. The van der Waals surface area contributed by atoms with Crippen LogP contribution in [0.3, 0.4) is 0 Å². The molecular formula is C14H14F2N4O. The van der Waals surface area contributed by atoms with Crippen LogP contribution in [0.15, 0.2) is 24.3 Å². The van der Waals surface area contributed by atoms with Crippen molar-refractivity contribution >= 4 is 17.3 Å². The molecule has 0 unspecified atom stereocenters. The van der Waals surface area contributed by atoms with Gasteiger partial charge in [0.05, 0.1) is 11.4 Å². The second-order valence-electron chi connectivity index (χ2n) is 4.50. The zero-order valence-corrected chi connectivity index (χ0v) is 11.5. The Morgan fingerprint density at radius 2 is 1.81 bits per heavy atom. The highest BCUT2D eigenvalue weighted by Crippen LogP contribution is 2.21. The van der Waals surface area contributed by atoms with E-state index in [4.69, 9.17) is 5.84 Å². The molecule has 1 aromatic heterocycles. The van der Waals surface area contributed by atoms with Crippen LogP contribution in [-0.2, 0) is 0 Å². The highest BCUT2D eigenvalue weighted by Gasteiger charge is 2.15. The van der Waals surface area contributed by atoms with Gasteiger partial charge in [-0.1, -0.05) is 0 Å². The van der Waals surface area contributed by atoms with Gasteiger partial charge in [-0.15, -0.1) is 0 Å². The Balaban J connectivity index is 2.28. The van der Waals surface area contributed by atoms with Gasteiger partial charge >= 0.3 is 0 Å². The highest BCUT2D eigenvalue weighted by molar-refractivity contribution is 6.04. The van der Waals surface area contributed by atoms with E-state index in [2.05, 4.69) is 10.3 Å². The summed E-state index contributed by atoms with van der Waals surface area (Å²) < 4.78 is 27.1. The van der Waals surface area contributed by atoms with E-state index in [0.717, 1.165) is 17.8 Å². The van der Waals surface area contributed by atoms with Crippen LogP contribution in [0.4, 0.5) is 20.2 Å². The summed E-state index contributed by atoms with van der Waals surface area (Å²) in [5.41, 5.74) is 3.17. The first kappa shape index (κ1) is 14.9. The van der Waals surface area contributed by atoms with Gasteiger partial charge in [0, 0.05) is 11.3 Å². The second kappa shape index (κ2) is 5.84. The molecule has 0 atom stereocenters. The van der Waals surface area contributed by atoms with Crippen molar-refractivity contribution in [2.45, 2.75) is 13.8 Å². The summed E-state index contributed by atoms with van der Waals surface area (Å²) in [5.74, 6) is 2.48. The number of amides is 1. The van der Waals surface area contributed by atoms with Crippen molar-refractivity contribution < 1.29 is 13.6 Å². The SMILES string of the molecule is Cc1ccc(NC(=O)c2cc(F)c(NN)c(F)c2)c(C)n1. The molecule has 7 heteroatoms. The van der Waals surface area contributed by atoms with Crippen molar-refractivity contribution in [3.8, 4) is 0 Å². The first-order valence-corrected chi connectivity index (χ1v) is 6.13. The lowest BCUT2D eigenvalue weighted by atomic mass is 10.1. The minimum atomic E-state index is -0.943. The predicted octanol–water partition coefficient (Wildman–Crippen LogP) is 2.51. The van der Waals surface area contributed by atoms with Crippen molar-refractivity contribution in [2.75, 3.05) is 10.7 Å². The lowest BCUT2D eigenvalue weighted by Crippen LogP contribution is -2.16. The fourth-order valence-corrected chi connectivity index (χ4v) is 1.86. The summed E-state index contributed by atoms with van der Waals surface area (Å²) >= 11 is 0. The maximum absolute atomic E-state index is 13.6. The Labute approximate surface area is 120 Å². The number of aryl methyl sites for hydroxylation is 2. The summed E-state index contributed by atoms with van der Waals surface area (Å²) in [4.78, 5) is 16.2. The van der Waals surface area contributed by atoms with E-state index in [9.17, 15) is 13.6 Å². The molecule has 1 amide bonds. The van der Waals surface area contributed by atoms with Gasteiger partial charge in [0.25, 0.3) is 5.91 Å². The standard InChI is InChI=1S/C14H14F2N4O/c1-7-3-4-12(8(2)18-7)19-14(21)9-5-10(15)13(20-17)11(16)6-9/h3-6,20H,17H2,1-2H3,(H,19,21). The van der Waals surface area contributed by atoms with E-state index >= 15 is 0 Å². The van der Waals surface area contributed by atoms with Crippen LogP contribution >= 0.6 is 0 Å². The molecule has 0 aliphatic carbocycles. The Morgan fingerprint density at radius 3 is 2.33 bits per heavy atom. The normalized spacial score (nSPS) is 10.3. The quantitative estimate of drug-likeness (QED) is 0.600. The molecule has 1 heterocycles. The van der Waals surface area contributed by atoms with Crippen LogP contribution in [-0.4, -0.2) is 10.9 Å². The van der Waals surface area contributed by atoms with E-state index < -0.39 is 23.2 Å². The van der Waals surface area contributed by atoms with Gasteiger partial charge < -0.3 is 10.7 Å². The number of nitrogens with zero attached hydrogens (tertiary/aromatic N) is 1. The zero-order valence-electron chi connectivity index (χ0n) is 11.5. The Morgan fingerprint density at radius 1 is 1.19 bits per heavy atom. The van der Waals surface area contributed by atoms with Gasteiger partial charge in [-0.2, -0.15) is 0 Å². The highest BCUT2D eigenvalue weighted by atomic mass is 19.1. The van der Waals surface area contributed by atoms with Crippen molar-refractivity contribution in [1.29, 1.82) is 0 Å². The van der Waals surface area contributed by atoms with Gasteiger partial charge in [0.1, 0.15) is 5.69 Å². The Kier molecular flexibility index (Phi) is 4.13. The molecule has 2 aromatic rings. The number of carbonyl (C=O) groups excluding carboxylic acids is 1. The summed E-state index contributed by atoms with van der Waals surface area (Å²) in [6, 6.07) is 5.22. The molecule has 2 rings (SSSR count). The number of halogens is 2. The molecule has 1 aromatic carbocycles. The van der Waals surface area contributed by atoms with E-state index in [1.807, 2.05) is 12.3 Å². The number of nitrogen functional groups attached to an aromatic ring is 1. The third-order valence-electron chi connectivity index (χ3n) is 2.92. The van der Waals surface area contributed by atoms with Gasteiger partial charge in [-0.05, 0) is 38.1 Å². The van der Waals surface area contributed by atoms with Crippen LogP contribution in [0.2, 0.25) is 0 Å². The van der Waals surface area contributed by atoms with E-state index in [-0.39, 0.29) is 5.56 Å². The molecule has 0 spiro atoms. The summed E-state index contributed by atoms with van der Waals surface area (Å²) in [6.45, 7) is 3.55. The molecule has 0 radical (unpaired) electrons. The molecular weight excluding hydrogens is 278 g/mol. The third kappa shape index (κ3) is 3.14. The number of hydrogen-bond acceptors (Lipinski definition) is 4. The number of benzene rings is 1. The molecule has 0 aliphatic rings. The first-order valence-electron chi connectivity index (χ1n) is 6.13. The van der Waals surface area contributed by atoms with Gasteiger partial charge in [-0.25, -0.2) is 8.78 Å². The summed E-state index contributed by atoms with van der Waals surface area (Å²) in [6.07, 6.45) is 0. The summed E-state index contributed by atoms with van der Waals surface area (Å²) in [7, 11) is 0. The third-order valence-corrected chi connectivity index (χ3v) is 2.92. The van der Waals surface area contributed by atoms with Crippen LogP contribution < -0.4 is 16.6 Å². The number of carbonyl (C=O) groups is 1. The van der Waals surface area contributed by atoms with E-state index in [1.165, 1.54) is 0 Å². The van der Waals surface area contributed by atoms with Gasteiger partial charge in [-0.3, -0.25) is 15.6 Å². The average molecular weight is 292 g/mol. The van der Waals surface area contributed by atoms with E-state index in [0.29, 0.717) is 11.4 Å². The van der Waals surface area contributed by atoms with Crippen molar-refractivity contribution in [1.82, 2.24) is 4.98 Å². The number of aromatic nitrogens is 1. The Hall–Kier alpha value is -2.54. The monoisotopic (exact) mass is 292 g/mol. The molecule has 4 N–H and O–H groups in total. The number of nitrogens with one attached hydrogen (secondary N) is 2. The lowest BCUT2D eigenvalue weighted by molar-refractivity contribution is 0.102. The molecule has 0 aliphatic heterocycles. The average Bonchev–Trinajstić information content (AvgIpc) is 2.41. The van der Waals surface area contributed by atoms with E-state index in [1.54, 1.807) is 19.1 Å². The molecule has 0 saturated carbocycles. The molecule has 0 fully saturated rings. The topological polar surface area (TPSA) is 80.0 Å². The zero-order chi connectivity index (χ0) is 15.6. The molecule has 0 saturated heterocycles. The maximum Gasteiger partial charge on any atom is 0.255 e. The smallest absolute Gasteiger partial charge is 0.255 e. The summed E-state index contributed by atoms with van der Waals surface area (Å²) in [5, 5.41) is 2.56. The van der Waals surface area contributed by atoms with Crippen LogP contribution in [0.5, 0.6) is 0 Å². The van der Waals surface area contributed by atoms with Crippen molar-refractivity contribution in [2.24, 2.45) is 5.84 Å². The number of anilines is 2. The van der Waals surface area contributed by atoms with Gasteiger partial charge in [0.15, 0.2) is 11.6 Å². The van der Waals surface area contributed by atoms with Gasteiger partial charge in [0.2, 0.25) is 0 Å². The van der Waals surface area contributed by atoms with Crippen LogP contribution in [0.1, 0.15) is 21.7 Å². The van der Waals surface area contributed by atoms with Crippen molar-refractivity contribution in [3.05, 3.63) is 52.9 Å². The van der Waals surface area contributed by atoms with Crippen LogP contribution in [0, 0.1) is 25.5 Å². The lowest BCUT2D eigenvalue weighted by Gasteiger charge is -2.10. The number of hydrogen-bond donors (Lipinski definition) is 3. The minimum Gasteiger partial charge on any atom is -0.320 e. The number of hydrazine groups is 1. The fourth-order valence-electron chi connectivity index (χ4n) is 1.86. The van der Waals surface area contributed by atoms with Crippen molar-refractivity contribution in [3.63, 3.8) is 0 Å². The molecule has 21 heavy (non-hydrogen) atoms. The number of nitrogens with two attached hydrogens (primary N) is 1. The minimum absolute atomic E-state index is 0.149. The molecule has 110 valence electrons. The Bertz CT molecular complexity index is 680. The second-order valence-corrected chi connectivity index (χ2v) is 4.50. The first-order chi connectivity index (χ1) is 9.92. The largest absolute Gasteiger partial charge is 0.320 e. The van der Waals surface area contributed by atoms with Crippen LogP contribution in [0.25, 0.3) is 0 Å². The molecule has 0 bridgehead atoms. The molecule has 5 nitrogen and oxygen atoms in total. The number of pyridine rings is 1.